The lowest BCUT2D eigenvalue weighted by Gasteiger charge is -2.16. The van der Waals surface area contributed by atoms with Crippen molar-refractivity contribution < 1.29 is 16.8 Å². The summed E-state index contributed by atoms with van der Waals surface area (Å²) >= 11 is 0. The van der Waals surface area contributed by atoms with Crippen LogP contribution in [0.1, 0.15) is 38.8 Å². The molecule has 4 aromatic carbocycles. The summed E-state index contributed by atoms with van der Waals surface area (Å²) < 4.78 is 54.7. The van der Waals surface area contributed by atoms with Gasteiger partial charge in [-0.1, -0.05) is 86.6 Å². The number of rotatable bonds is 15. The van der Waals surface area contributed by atoms with Gasteiger partial charge in [0.2, 0.25) is 26.0 Å². The van der Waals surface area contributed by atoms with E-state index in [1.165, 1.54) is 24.3 Å². The van der Waals surface area contributed by atoms with E-state index in [0.29, 0.717) is 39.7 Å². The average Bonchev–Trinajstić information content (AvgIpc) is 3.13. The highest BCUT2D eigenvalue weighted by molar-refractivity contribution is 7.89. The molecule has 5 aromatic rings. The smallest absolute Gasteiger partial charge is 0.240 e. The molecule has 264 valence electrons. The molecule has 5 rings (SSSR count). The molecule has 1 aromatic heterocycles. The highest BCUT2D eigenvalue weighted by atomic mass is 32.2. The van der Waals surface area contributed by atoms with Crippen LogP contribution in [-0.2, 0) is 20.0 Å². The highest BCUT2D eigenvalue weighted by Crippen LogP contribution is 2.35. The summed E-state index contributed by atoms with van der Waals surface area (Å²) in [5.74, 6) is 1.00. The van der Waals surface area contributed by atoms with Crippen molar-refractivity contribution in [2.75, 3.05) is 29.3 Å². The van der Waals surface area contributed by atoms with Crippen molar-refractivity contribution in [2.24, 2.45) is 10.2 Å². The van der Waals surface area contributed by atoms with Gasteiger partial charge in [-0.2, -0.15) is 20.2 Å². The van der Waals surface area contributed by atoms with Gasteiger partial charge in [-0.3, -0.25) is 10.9 Å². The summed E-state index contributed by atoms with van der Waals surface area (Å²) in [5.41, 5.74) is 10.9. The van der Waals surface area contributed by atoms with E-state index in [4.69, 9.17) is 9.97 Å². The molecule has 0 aliphatic heterocycles. The standard InChI is InChI=1S/C36H39N9O4S2/c1-5-37-50(46,47)31-21-17-27(18-22-31)25(3)42-44-34-33(29-13-9-7-10-14-29)35(41-36(40-34)39-30-15-11-8-12-16-30)45-43-26(4)28-19-23-32(24-20-28)51(48,49)38-6-2/h7-24,37-38H,5-6H2,1-4H3,(H3,39,40,41,44,45). The number of sulfonamides is 2. The summed E-state index contributed by atoms with van der Waals surface area (Å²) in [4.78, 5) is 9.90. The van der Waals surface area contributed by atoms with Crippen molar-refractivity contribution in [1.82, 2.24) is 19.4 Å². The van der Waals surface area contributed by atoms with Gasteiger partial charge in [0.25, 0.3) is 0 Å². The Balaban J connectivity index is 1.53. The molecule has 0 amide bonds. The summed E-state index contributed by atoms with van der Waals surface area (Å²) in [6, 6.07) is 31.9. The molecule has 15 heteroatoms. The van der Waals surface area contributed by atoms with Crippen LogP contribution in [0.15, 0.2) is 129 Å². The molecular weight excluding hydrogens is 687 g/mol. The normalized spacial score (nSPS) is 12.4. The largest absolute Gasteiger partial charge is 0.324 e. The summed E-state index contributed by atoms with van der Waals surface area (Å²) in [7, 11) is -7.19. The van der Waals surface area contributed by atoms with E-state index < -0.39 is 20.0 Å². The molecule has 0 unspecified atom stereocenters. The van der Waals surface area contributed by atoms with Crippen molar-refractivity contribution in [3.63, 3.8) is 0 Å². The van der Waals surface area contributed by atoms with Gasteiger partial charge in [0.15, 0.2) is 11.6 Å². The van der Waals surface area contributed by atoms with Crippen LogP contribution in [0.2, 0.25) is 0 Å². The second kappa shape index (κ2) is 16.5. The fourth-order valence-electron chi connectivity index (χ4n) is 4.91. The second-order valence-electron chi connectivity index (χ2n) is 11.1. The van der Waals surface area contributed by atoms with Gasteiger partial charge in [-0.05, 0) is 66.9 Å². The monoisotopic (exact) mass is 725 g/mol. The first-order valence-electron chi connectivity index (χ1n) is 16.1. The number of hydrazone groups is 2. The molecule has 0 fully saturated rings. The van der Waals surface area contributed by atoms with E-state index in [-0.39, 0.29) is 28.8 Å². The van der Waals surface area contributed by atoms with Gasteiger partial charge in [0.1, 0.15) is 0 Å². The van der Waals surface area contributed by atoms with Crippen LogP contribution in [0, 0.1) is 0 Å². The zero-order valence-electron chi connectivity index (χ0n) is 28.5. The average molecular weight is 726 g/mol. The maximum absolute atomic E-state index is 12.4. The number of nitrogens with zero attached hydrogens (tertiary/aromatic N) is 4. The van der Waals surface area contributed by atoms with Gasteiger partial charge in [0.05, 0.1) is 26.8 Å². The molecule has 0 aliphatic carbocycles. The Hall–Kier alpha value is -5.48. The number of para-hydroxylation sites is 1. The zero-order valence-corrected chi connectivity index (χ0v) is 30.2. The molecular formula is C36H39N9O4S2. The first-order chi connectivity index (χ1) is 24.5. The molecule has 0 aliphatic rings. The van der Waals surface area contributed by atoms with E-state index in [2.05, 4.69) is 35.8 Å². The Labute approximate surface area is 298 Å². The Bertz CT molecular complexity index is 2110. The Morgan fingerprint density at radius 3 is 1.41 bits per heavy atom. The molecule has 13 nitrogen and oxygen atoms in total. The van der Waals surface area contributed by atoms with Crippen molar-refractivity contribution >= 4 is 54.7 Å². The van der Waals surface area contributed by atoms with Crippen molar-refractivity contribution in [2.45, 2.75) is 37.5 Å². The van der Waals surface area contributed by atoms with Crippen LogP contribution in [0.25, 0.3) is 11.1 Å². The molecule has 1 heterocycles. The van der Waals surface area contributed by atoms with Gasteiger partial charge >= 0.3 is 0 Å². The third-order valence-electron chi connectivity index (χ3n) is 7.49. The zero-order chi connectivity index (χ0) is 36.4. The Morgan fingerprint density at radius 1 is 0.588 bits per heavy atom. The lowest BCUT2D eigenvalue weighted by molar-refractivity contribution is 0.582. The van der Waals surface area contributed by atoms with Crippen LogP contribution >= 0.6 is 0 Å². The SMILES string of the molecule is CCNS(=O)(=O)c1ccc(C(C)=NNc2nc(Nc3ccccc3)nc(NN=C(C)c3ccc(S(=O)(=O)NCC)cc3)c2-c2ccccc2)cc1. The van der Waals surface area contributed by atoms with E-state index in [0.717, 1.165) is 11.3 Å². The quantitative estimate of drug-likeness (QED) is 0.0625. The lowest BCUT2D eigenvalue weighted by Crippen LogP contribution is -2.23. The molecule has 5 N–H and O–H groups in total. The molecule has 0 radical (unpaired) electrons. The fourth-order valence-corrected chi connectivity index (χ4v) is 6.99. The minimum Gasteiger partial charge on any atom is -0.324 e. The number of nitrogens with one attached hydrogen (secondary N) is 5. The number of hydrogen-bond acceptors (Lipinski definition) is 11. The second-order valence-corrected chi connectivity index (χ2v) is 14.7. The third-order valence-corrected chi connectivity index (χ3v) is 10.6. The maximum Gasteiger partial charge on any atom is 0.240 e. The number of hydrogen-bond donors (Lipinski definition) is 5. The van der Waals surface area contributed by atoms with Crippen LogP contribution in [-0.4, -0.2) is 51.3 Å². The fraction of sp³-hybridized carbons (Fsp3) is 0.167. The molecule has 0 spiro atoms. The summed E-state index contributed by atoms with van der Waals surface area (Å²) in [5, 5.41) is 12.5. The third kappa shape index (κ3) is 9.40. The molecule has 51 heavy (non-hydrogen) atoms. The van der Waals surface area contributed by atoms with Crippen LogP contribution < -0.4 is 25.6 Å². The van der Waals surface area contributed by atoms with Crippen LogP contribution in [0.5, 0.6) is 0 Å². The Kier molecular flexibility index (Phi) is 11.9. The van der Waals surface area contributed by atoms with Gasteiger partial charge in [-0.15, -0.1) is 0 Å². The van der Waals surface area contributed by atoms with Gasteiger partial charge in [-0.25, -0.2) is 26.3 Å². The van der Waals surface area contributed by atoms with E-state index in [1.54, 1.807) is 52.0 Å². The molecule has 0 saturated carbocycles. The number of aromatic nitrogens is 2. The first-order valence-corrected chi connectivity index (χ1v) is 19.1. The summed E-state index contributed by atoms with van der Waals surface area (Å²) in [6.45, 7) is 7.63. The minimum absolute atomic E-state index is 0.161. The molecule has 0 bridgehead atoms. The first kappa shape index (κ1) is 36.8. The van der Waals surface area contributed by atoms with Gasteiger partial charge in [0, 0.05) is 18.8 Å². The maximum atomic E-state index is 12.4. The molecule has 0 saturated heterocycles. The predicted octanol–water partition coefficient (Wildman–Crippen LogP) is 6.16. The van der Waals surface area contributed by atoms with Crippen LogP contribution in [0.4, 0.5) is 23.3 Å². The highest BCUT2D eigenvalue weighted by Gasteiger charge is 2.18. The number of benzene rings is 4. The van der Waals surface area contributed by atoms with Crippen molar-refractivity contribution in [3.8, 4) is 11.1 Å². The van der Waals surface area contributed by atoms with Crippen molar-refractivity contribution in [1.29, 1.82) is 0 Å². The van der Waals surface area contributed by atoms with Crippen LogP contribution in [0.3, 0.4) is 0 Å². The van der Waals surface area contributed by atoms with E-state index in [1.807, 2.05) is 60.7 Å². The minimum atomic E-state index is -3.59. The lowest BCUT2D eigenvalue weighted by atomic mass is 10.1. The Morgan fingerprint density at radius 2 is 1.00 bits per heavy atom. The number of anilines is 4. The summed E-state index contributed by atoms with van der Waals surface area (Å²) in [6.07, 6.45) is 0. The topological polar surface area (TPSA) is 179 Å². The van der Waals surface area contributed by atoms with Gasteiger partial charge < -0.3 is 5.32 Å². The predicted molar refractivity (Wildman–Crippen MR) is 203 cm³/mol. The van der Waals surface area contributed by atoms with E-state index >= 15 is 0 Å². The molecule has 0 atom stereocenters. The van der Waals surface area contributed by atoms with Crippen molar-refractivity contribution in [3.05, 3.63) is 120 Å². The van der Waals surface area contributed by atoms with E-state index in [9.17, 15) is 16.8 Å².